The number of hydrogen-bond donors (Lipinski definition) is 0. The summed E-state index contributed by atoms with van der Waals surface area (Å²) < 4.78 is 5.96. The van der Waals surface area contributed by atoms with Crippen LogP contribution in [0.4, 0.5) is 0 Å². The Morgan fingerprint density at radius 2 is 1.58 bits per heavy atom. The maximum Gasteiger partial charge on any atom is 1.00 e. The first-order valence-electron chi connectivity index (χ1n) is 4.18. The van der Waals surface area contributed by atoms with Crippen LogP contribution in [-0.4, -0.2) is 13.9 Å². The van der Waals surface area contributed by atoms with E-state index < -0.39 is 8.32 Å². The molecule has 0 fully saturated rings. The van der Waals surface area contributed by atoms with Gasteiger partial charge in [0, 0.05) is 5.60 Å². The topological polar surface area (TPSA) is 9.23 Å². The van der Waals surface area contributed by atoms with E-state index >= 15 is 0 Å². The molecule has 0 saturated carbocycles. The van der Waals surface area contributed by atoms with E-state index in [0.717, 1.165) is 0 Å². The van der Waals surface area contributed by atoms with Crippen molar-refractivity contribution in [1.82, 2.24) is 0 Å². The average Bonchev–Trinajstić information content (AvgIpc) is 1.56. The van der Waals surface area contributed by atoms with Crippen LogP contribution in [0.25, 0.3) is 0 Å². The van der Waals surface area contributed by atoms with Gasteiger partial charge in [-0.1, -0.05) is 6.92 Å². The zero-order valence-electron chi connectivity index (χ0n) is 9.69. The molecule has 0 aromatic rings. The Morgan fingerprint density at radius 3 is 1.67 bits per heavy atom. The SMILES string of the molecule is [CH2-]C(C)[Si](C)(C)OC(C)(C)C.[Li+]. The van der Waals surface area contributed by atoms with Crippen molar-refractivity contribution in [2.45, 2.75) is 51.9 Å². The maximum atomic E-state index is 5.96. The van der Waals surface area contributed by atoms with Crippen molar-refractivity contribution in [2.75, 3.05) is 0 Å². The molecule has 1 nitrogen and oxygen atoms in total. The molecule has 68 valence electrons. The van der Waals surface area contributed by atoms with Crippen molar-refractivity contribution in [2.24, 2.45) is 0 Å². The summed E-state index contributed by atoms with van der Waals surface area (Å²) in [6.07, 6.45) is 0. The van der Waals surface area contributed by atoms with Crippen molar-refractivity contribution >= 4 is 8.32 Å². The molecule has 0 rings (SSSR count). The zero-order chi connectivity index (χ0) is 9.28. The van der Waals surface area contributed by atoms with Crippen LogP contribution in [0.2, 0.25) is 18.6 Å². The second-order valence-corrected chi connectivity index (χ2v) is 9.12. The van der Waals surface area contributed by atoms with Crippen LogP contribution in [0.3, 0.4) is 0 Å². The molecule has 0 saturated heterocycles. The van der Waals surface area contributed by atoms with Crippen molar-refractivity contribution < 1.29 is 23.3 Å². The van der Waals surface area contributed by atoms with E-state index in [2.05, 4.69) is 47.7 Å². The normalized spacial score (nSPS) is 15.2. The molecular formula is C9H21LiOSi. The molecule has 0 aliphatic heterocycles. The van der Waals surface area contributed by atoms with E-state index in [9.17, 15) is 0 Å². The third-order valence-electron chi connectivity index (χ3n) is 1.76. The minimum Gasteiger partial charge on any atom is -0.415 e. The van der Waals surface area contributed by atoms with Gasteiger partial charge in [0.25, 0.3) is 0 Å². The first kappa shape index (κ1) is 15.3. The molecule has 0 aliphatic rings. The van der Waals surface area contributed by atoms with Gasteiger partial charge in [0.2, 0.25) is 0 Å². The standard InChI is InChI=1S/C9H21OSi.Li/c1-8(2)11(6,7)10-9(3,4)5;/h8H,1H2,2-7H3;/q-1;+1. The zero-order valence-corrected chi connectivity index (χ0v) is 10.7. The van der Waals surface area contributed by atoms with Gasteiger partial charge < -0.3 is 11.3 Å². The van der Waals surface area contributed by atoms with E-state index in [1.165, 1.54) is 0 Å². The molecule has 3 heteroatoms. The monoisotopic (exact) mass is 180 g/mol. The van der Waals surface area contributed by atoms with Gasteiger partial charge in [-0.25, -0.2) is 0 Å². The summed E-state index contributed by atoms with van der Waals surface area (Å²) >= 11 is 0. The second kappa shape index (κ2) is 4.86. The summed E-state index contributed by atoms with van der Waals surface area (Å²) in [4.78, 5) is 0. The van der Waals surface area contributed by atoms with Gasteiger partial charge in [-0.2, -0.15) is 5.54 Å². The minimum absolute atomic E-state index is 0. The number of rotatable bonds is 2. The fourth-order valence-electron chi connectivity index (χ4n) is 0.890. The Bertz CT molecular complexity index is 127. The smallest absolute Gasteiger partial charge is 0.415 e. The number of hydrogen-bond acceptors (Lipinski definition) is 1. The Kier molecular flexibility index (Phi) is 6.18. The molecular weight excluding hydrogens is 159 g/mol. The largest absolute Gasteiger partial charge is 1.00 e. The van der Waals surface area contributed by atoms with E-state index in [1.54, 1.807) is 0 Å². The van der Waals surface area contributed by atoms with Gasteiger partial charge in [0.05, 0.1) is 0 Å². The molecule has 0 aliphatic carbocycles. The van der Waals surface area contributed by atoms with Crippen molar-refractivity contribution in [3.05, 3.63) is 6.92 Å². The third kappa shape index (κ3) is 6.31. The molecule has 0 heterocycles. The third-order valence-corrected chi connectivity index (χ3v) is 5.27. The molecule has 0 radical (unpaired) electrons. The summed E-state index contributed by atoms with van der Waals surface area (Å²) in [5.74, 6) is 0. The van der Waals surface area contributed by atoms with Crippen LogP contribution in [0.1, 0.15) is 27.7 Å². The molecule has 1 atom stereocenters. The van der Waals surface area contributed by atoms with Gasteiger partial charge in [-0.15, -0.1) is 0 Å². The van der Waals surface area contributed by atoms with Crippen molar-refractivity contribution in [3.8, 4) is 0 Å². The fraction of sp³-hybridized carbons (Fsp3) is 0.889. The summed E-state index contributed by atoms with van der Waals surface area (Å²) in [7, 11) is -1.53. The van der Waals surface area contributed by atoms with Crippen LogP contribution in [-0.2, 0) is 4.43 Å². The average molecular weight is 180 g/mol. The Morgan fingerprint density at radius 1 is 1.25 bits per heavy atom. The van der Waals surface area contributed by atoms with Crippen LogP contribution in [0.5, 0.6) is 0 Å². The van der Waals surface area contributed by atoms with E-state index in [-0.39, 0.29) is 24.5 Å². The Labute approximate surface area is 90.6 Å². The molecule has 0 aromatic heterocycles. The molecule has 0 spiro atoms. The molecule has 0 amide bonds. The molecule has 0 bridgehead atoms. The summed E-state index contributed by atoms with van der Waals surface area (Å²) in [5, 5.41) is 0. The van der Waals surface area contributed by atoms with Crippen LogP contribution >= 0.6 is 0 Å². The first-order valence-corrected chi connectivity index (χ1v) is 7.17. The van der Waals surface area contributed by atoms with Crippen molar-refractivity contribution in [3.63, 3.8) is 0 Å². The van der Waals surface area contributed by atoms with Crippen LogP contribution in [0.15, 0.2) is 0 Å². The summed E-state index contributed by atoms with van der Waals surface area (Å²) in [6, 6.07) is 0. The second-order valence-electron chi connectivity index (χ2n) is 4.72. The predicted octanol–water partition coefficient (Wildman–Crippen LogP) is 0.235. The summed E-state index contributed by atoms with van der Waals surface area (Å²) in [6.45, 7) is 16.9. The Balaban J connectivity index is 0. The Hall–Kier alpha value is 0.774. The van der Waals surface area contributed by atoms with Crippen LogP contribution < -0.4 is 18.9 Å². The van der Waals surface area contributed by atoms with E-state index in [4.69, 9.17) is 4.43 Å². The van der Waals surface area contributed by atoms with Gasteiger partial charge >= 0.3 is 18.9 Å². The van der Waals surface area contributed by atoms with Crippen LogP contribution in [0, 0.1) is 6.92 Å². The van der Waals surface area contributed by atoms with Gasteiger partial charge in [0.15, 0.2) is 8.32 Å². The van der Waals surface area contributed by atoms with Gasteiger partial charge in [-0.3, -0.25) is 0 Å². The van der Waals surface area contributed by atoms with E-state index in [1.807, 2.05) is 0 Å². The molecule has 1 unspecified atom stereocenters. The van der Waals surface area contributed by atoms with Gasteiger partial charge in [0.1, 0.15) is 0 Å². The molecule has 0 aromatic carbocycles. The summed E-state index contributed by atoms with van der Waals surface area (Å²) in [5.41, 5.74) is 0.434. The van der Waals surface area contributed by atoms with Gasteiger partial charge in [-0.05, 0) is 33.9 Å². The predicted molar refractivity (Wildman–Crippen MR) is 53.1 cm³/mol. The first-order chi connectivity index (χ1) is 4.65. The minimum atomic E-state index is -1.53. The molecule has 0 N–H and O–H groups in total. The van der Waals surface area contributed by atoms with Crippen molar-refractivity contribution in [1.29, 1.82) is 0 Å². The fourth-order valence-corrected chi connectivity index (χ4v) is 2.67. The quantitative estimate of drug-likeness (QED) is 0.437. The maximum absolute atomic E-state index is 5.96. The van der Waals surface area contributed by atoms with E-state index in [0.29, 0.717) is 5.54 Å². The molecule has 12 heavy (non-hydrogen) atoms.